The molecule has 0 aromatic rings. The van der Waals surface area contributed by atoms with E-state index in [1.165, 1.54) is 19.3 Å². The van der Waals surface area contributed by atoms with Crippen molar-refractivity contribution in [3.05, 3.63) is 0 Å². The van der Waals surface area contributed by atoms with Crippen molar-refractivity contribution in [3.8, 4) is 0 Å². The number of hydrogen-bond acceptors (Lipinski definition) is 1. The first-order chi connectivity index (χ1) is 8.17. The maximum atomic E-state index is 5.68. The van der Waals surface area contributed by atoms with E-state index in [1.807, 2.05) is 0 Å². The fraction of sp³-hybridized carbons (Fsp3) is 1.00. The van der Waals surface area contributed by atoms with Crippen LogP contribution < -0.4 is 0 Å². The molecule has 7 atom stereocenters. The van der Waals surface area contributed by atoms with Gasteiger partial charge in [-0.1, -0.05) is 34.1 Å². The average molecular weight is 236 g/mol. The fourth-order valence-electron chi connectivity index (χ4n) is 4.83. The smallest absolute Gasteiger partial charge is 0.0844 e. The van der Waals surface area contributed by atoms with E-state index < -0.39 is 0 Å². The largest absolute Gasteiger partial charge is 0.370 e. The molecule has 0 aromatic carbocycles. The van der Waals surface area contributed by atoms with E-state index in [2.05, 4.69) is 27.7 Å². The predicted octanol–water partition coefficient (Wildman–Crippen LogP) is 4.12. The van der Waals surface area contributed by atoms with Crippen molar-refractivity contribution < 1.29 is 4.74 Å². The van der Waals surface area contributed by atoms with Crippen molar-refractivity contribution in [2.24, 2.45) is 35.5 Å². The van der Waals surface area contributed by atoms with Gasteiger partial charge in [-0.3, -0.25) is 0 Å². The van der Waals surface area contributed by atoms with Crippen molar-refractivity contribution in [3.63, 3.8) is 0 Å². The van der Waals surface area contributed by atoms with E-state index in [0.29, 0.717) is 12.2 Å². The van der Waals surface area contributed by atoms with Crippen LogP contribution in [0.2, 0.25) is 0 Å². The number of fused-ring (bicyclic) bond motifs is 5. The Hall–Kier alpha value is -0.0400. The summed E-state index contributed by atoms with van der Waals surface area (Å²) in [4.78, 5) is 0. The lowest BCUT2D eigenvalue weighted by Crippen LogP contribution is -2.61. The fourth-order valence-corrected chi connectivity index (χ4v) is 4.83. The molecule has 0 spiro atoms. The number of epoxide rings is 1. The Balaban J connectivity index is 0.000000276. The Bertz CT molecular complexity index is 285. The van der Waals surface area contributed by atoms with E-state index >= 15 is 0 Å². The maximum Gasteiger partial charge on any atom is 0.0844 e. The zero-order valence-electron chi connectivity index (χ0n) is 11.9. The zero-order valence-corrected chi connectivity index (χ0v) is 11.9. The highest BCUT2D eigenvalue weighted by atomic mass is 16.6. The first kappa shape index (κ1) is 12.0. The number of ether oxygens (including phenoxy) is 1. The van der Waals surface area contributed by atoms with Gasteiger partial charge in [0.2, 0.25) is 0 Å². The van der Waals surface area contributed by atoms with Crippen LogP contribution in [-0.4, -0.2) is 12.2 Å². The molecule has 98 valence electrons. The van der Waals surface area contributed by atoms with Crippen LogP contribution >= 0.6 is 0 Å². The van der Waals surface area contributed by atoms with Gasteiger partial charge in [-0.2, -0.15) is 0 Å². The lowest BCUT2D eigenvalue weighted by molar-refractivity contribution is -0.177. The van der Waals surface area contributed by atoms with E-state index in [-0.39, 0.29) is 0 Å². The molecule has 1 saturated heterocycles. The summed E-state index contributed by atoms with van der Waals surface area (Å²) >= 11 is 0. The highest BCUT2D eigenvalue weighted by Gasteiger charge is 2.65. The van der Waals surface area contributed by atoms with Crippen molar-refractivity contribution >= 4 is 0 Å². The van der Waals surface area contributed by atoms with Gasteiger partial charge in [0.1, 0.15) is 0 Å². The topological polar surface area (TPSA) is 12.5 Å². The Labute approximate surface area is 106 Å². The predicted molar refractivity (Wildman–Crippen MR) is 70.8 cm³/mol. The molecule has 3 aliphatic carbocycles. The van der Waals surface area contributed by atoms with E-state index in [9.17, 15) is 0 Å². The minimum absolute atomic E-state index is 0.700. The minimum atomic E-state index is 0.700. The highest BCUT2D eigenvalue weighted by Crippen LogP contribution is 2.69. The molecule has 0 bridgehead atoms. The first-order valence-electron chi connectivity index (χ1n) is 7.82. The molecule has 0 N–H and O–H groups in total. The quantitative estimate of drug-likeness (QED) is 0.624. The van der Waals surface area contributed by atoms with Crippen LogP contribution in [0.3, 0.4) is 0 Å². The molecule has 4 aliphatic rings. The molecule has 0 aromatic heterocycles. The molecule has 4 rings (SSSR count). The van der Waals surface area contributed by atoms with Crippen molar-refractivity contribution in [2.45, 2.75) is 65.6 Å². The van der Waals surface area contributed by atoms with Gasteiger partial charge in [-0.05, 0) is 54.8 Å². The van der Waals surface area contributed by atoms with E-state index in [0.717, 1.165) is 35.5 Å². The SMILES string of the molecule is CC(C)C1CC2C3CC4OC4CC3C12.CCC. The van der Waals surface area contributed by atoms with Gasteiger partial charge >= 0.3 is 0 Å². The summed E-state index contributed by atoms with van der Waals surface area (Å²) in [5, 5.41) is 0. The highest BCUT2D eigenvalue weighted by molar-refractivity contribution is 5.13. The summed E-state index contributed by atoms with van der Waals surface area (Å²) < 4.78 is 5.68. The van der Waals surface area contributed by atoms with Gasteiger partial charge in [-0.25, -0.2) is 0 Å². The van der Waals surface area contributed by atoms with Crippen LogP contribution in [0.15, 0.2) is 0 Å². The number of rotatable bonds is 1. The molecular formula is C16H28O. The maximum absolute atomic E-state index is 5.68. The van der Waals surface area contributed by atoms with Gasteiger partial charge in [0, 0.05) is 0 Å². The second-order valence-electron chi connectivity index (χ2n) is 7.10. The third-order valence-corrected chi connectivity index (χ3v) is 5.68. The summed E-state index contributed by atoms with van der Waals surface area (Å²) in [6.07, 6.45) is 7.03. The monoisotopic (exact) mass is 236 g/mol. The normalized spacial score (nSPS) is 53.1. The van der Waals surface area contributed by atoms with E-state index in [4.69, 9.17) is 4.74 Å². The zero-order chi connectivity index (χ0) is 12.2. The molecule has 1 heteroatoms. The van der Waals surface area contributed by atoms with Crippen molar-refractivity contribution in [1.29, 1.82) is 0 Å². The summed E-state index contributed by atoms with van der Waals surface area (Å²) in [5.41, 5.74) is 0. The molecule has 1 heterocycles. The molecule has 0 amide bonds. The van der Waals surface area contributed by atoms with Gasteiger partial charge in [0.05, 0.1) is 12.2 Å². The average Bonchev–Trinajstić information content (AvgIpc) is 2.95. The second kappa shape index (κ2) is 4.26. The molecule has 4 fully saturated rings. The standard InChI is InChI=1S/C13H20O.C3H8/c1-6(2)7-3-9-8-4-11-12(14-11)5-10(8)13(7)9;1-3-2/h6-13H,3-5H2,1-2H3;3H2,1-2H3. The van der Waals surface area contributed by atoms with Crippen LogP contribution in [-0.2, 0) is 4.74 Å². The van der Waals surface area contributed by atoms with Crippen LogP contribution in [0.1, 0.15) is 53.4 Å². The first-order valence-corrected chi connectivity index (χ1v) is 7.82. The molecule has 7 unspecified atom stereocenters. The molecule has 3 saturated carbocycles. The van der Waals surface area contributed by atoms with Crippen LogP contribution in [0.25, 0.3) is 0 Å². The van der Waals surface area contributed by atoms with Crippen LogP contribution in [0, 0.1) is 35.5 Å². The summed E-state index contributed by atoms with van der Waals surface area (Å²) in [6.45, 7) is 9.07. The lowest BCUT2D eigenvalue weighted by atomic mass is 9.38. The third-order valence-electron chi connectivity index (χ3n) is 5.68. The summed E-state index contributed by atoms with van der Waals surface area (Å²) in [6, 6.07) is 0. The van der Waals surface area contributed by atoms with Gasteiger partial charge in [0.15, 0.2) is 0 Å². The van der Waals surface area contributed by atoms with Gasteiger partial charge in [-0.15, -0.1) is 0 Å². The third kappa shape index (κ3) is 1.77. The van der Waals surface area contributed by atoms with E-state index in [1.54, 1.807) is 6.42 Å². The molecule has 17 heavy (non-hydrogen) atoms. The Morgan fingerprint density at radius 1 is 0.941 bits per heavy atom. The Morgan fingerprint density at radius 3 is 2.06 bits per heavy atom. The van der Waals surface area contributed by atoms with Crippen LogP contribution in [0.4, 0.5) is 0 Å². The molecular weight excluding hydrogens is 208 g/mol. The number of hydrogen-bond donors (Lipinski definition) is 0. The molecule has 1 aliphatic heterocycles. The van der Waals surface area contributed by atoms with Gasteiger partial charge in [0.25, 0.3) is 0 Å². The van der Waals surface area contributed by atoms with Crippen molar-refractivity contribution in [1.82, 2.24) is 0 Å². The van der Waals surface area contributed by atoms with Crippen LogP contribution in [0.5, 0.6) is 0 Å². The second-order valence-corrected chi connectivity index (χ2v) is 7.10. The summed E-state index contributed by atoms with van der Waals surface area (Å²) in [5.74, 6) is 6.39. The van der Waals surface area contributed by atoms with Gasteiger partial charge < -0.3 is 4.74 Å². The summed E-state index contributed by atoms with van der Waals surface area (Å²) in [7, 11) is 0. The Morgan fingerprint density at radius 2 is 1.47 bits per heavy atom. The minimum Gasteiger partial charge on any atom is -0.370 e. The molecule has 1 nitrogen and oxygen atoms in total. The van der Waals surface area contributed by atoms with Crippen molar-refractivity contribution in [2.75, 3.05) is 0 Å². The Kier molecular flexibility index (Phi) is 3.01. The lowest BCUT2D eigenvalue weighted by Gasteiger charge is -2.66. The molecule has 0 radical (unpaired) electrons.